The molecule has 4 heteroatoms. The van der Waals surface area contributed by atoms with Crippen LogP contribution in [0.25, 0.3) is 0 Å². The minimum Gasteiger partial charge on any atom is -0.385 e. The van der Waals surface area contributed by atoms with Crippen molar-refractivity contribution in [1.29, 1.82) is 0 Å². The number of hydrogen-bond acceptors (Lipinski definition) is 4. The van der Waals surface area contributed by atoms with Gasteiger partial charge in [0.2, 0.25) is 0 Å². The van der Waals surface area contributed by atoms with Crippen LogP contribution in [0.4, 0.5) is 0 Å². The Kier molecular flexibility index (Phi) is 2.60. The van der Waals surface area contributed by atoms with Crippen molar-refractivity contribution in [3.63, 3.8) is 0 Å². The second kappa shape index (κ2) is 3.61. The van der Waals surface area contributed by atoms with E-state index in [-0.39, 0.29) is 11.5 Å². The van der Waals surface area contributed by atoms with Gasteiger partial charge in [0.15, 0.2) is 0 Å². The molecule has 2 rings (SSSR count). The summed E-state index contributed by atoms with van der Waals surface area (Å²) in [6.07, 6.45) is 1.88. The number of aliphatic hydroxyl groups excluding tert-OH is 1. The summed E-state index contributed by atoms with van der Waals surface area (Å²) in [6.45, 7) is 2.90. The number of aliphatic hydroxyl groups is 1. The first-order chi connectivity index (χ1) is 6.65. The number of nitrogens with zero attached hydrogens (tertiary/aromatic N) is 1. The summed E-state index contributed by atoms with van der Waals surface area (Å²) in [7, 11) is 1.90. The van der Waals surface area contributed by atoms with Crippen LogP contribution in [0.3, 0.4) is 0 Å². The molecule has 0 radical (unpaired) electrons. The van der Waals surface area contributed by atoms with E-state index in [1.165, 1.54) is 0 Å². The van der Waals surface area contributed by atoms with E-state index in [9.17, 15) is 5.11 Å². The Hall–Kier alpha value is -0.450. The molecule has 0 aliphatic heterocycles. The second-order valence-corrected chi connectivity index (χ2v) is 5.15. The van der Waals surface area contributed by atoms with Crippen LogP contribution in [0, 0.1) is 5.41 Å². The highest BCUT2D eigenvalue weighted by Gasteiger charge is 2.46. The van der Waals surface area contributed by atoms with Crippen LogP contribution in [-0.4, -0.2) is 17.1 Å². The number of nitrogens with one attached hydrogen (secondary N) is 1. The molecular formula is C10H16N2OS. The summed E-state index contributed by atoms with van der Waals surface area (Å²) < 4.78 is 0. The maximum absolute atomic E-state index is 10.0. The fraction of sp³-hybridized carbons (Fsp3) is 0.700. The average Bonchev–Trinajstić information content (AvgIpc) is 2.76. The third-order valence-electron chi connectivity index (χ3n) is 2.86. The molecule has 1 aromatic heterocycles. The van der Waals surface area contributed by atoms with Crippen molar-refractivity contribution in [2.75, 3.05) is 7.05 Å². The molecule has 0 spiro atoms. The van der Waals surface area contributed by atoms with E-state index in [1.54, 1.807) is 11.3 Å². The van der Waals surface area contributed by atoms with Crippen molar-refractivity contribution in [3.05, 3.63) is 16.1 Å². The van der Waals surface area contributed by atoms with Crippen LogP contribution in [0.5, 0.6) is 0 Å². The van der Waals surface area contributed by atoms with Gasteiger partial charge in [0.25, 0.3) is 0 Å². The maximum Gasteiger partial charge on any atom is 0.122 e. The fourth-order valence-electron chi connectivity index (χ4n) is 1.48. The van der Waals surface area contributed by atoms with Gasteiger partial charge in [-0.2, -0.15) is 0 Å². The van der Waals surface area contributed by atoms with E-state index < -0.39 is 0 Å². The number of hydrogen-bond donors (Lipinski definition) is 2. The monoisotopic (exact) mass is 212 g/mol. The Balaban J connectivity index is 2.08. The molecule has 1 heterocycles. The topological polar surface area (TPSA) is 45.1 Å². The van der Waals surface area contributed by atoms with Gasteiger partial charge in [-0.15, -0.1) is 11.3 Å². The Morgan fingerprint density at radius 2 is 2.43 bits per heavy atom. The molecule has 1 aliphatic rings. The third-order valence-corrected chi connectivity index (χ3v) is 3.81. The quantitative estimate of drug-likeness (QED) is 0.798. The summed E-state index contributed by atoms with van der Waals surface area (Å²) in [5.74, 6) is 0. The summed E-state index contributed by atoms with van der Waals surface area (Å²) in [5, 5.41) is 16.0. The molecule has 0 bridgehead atoms. The van der Waals surface area contributed by atoms with Gasteiger partial charge in [0.05, 0.1) is 5.69 Å². The summed E-state index contributed by atoms with van der Waals surface area (Å²) in [5.41, 5.74) is 1.13. The number of thiazole rings is 1. The van der Waals surface area contributed by atoms with Crippen molar-refractivity contribution in [3.8, 4) is 0 Å². The van der Waals surface area contributed by atoms with E-state index in [4.69, 9.17) is 0 Å². The molecule has 1 aromatic rings. The van der Waals surface area contributed by atoms with E-state index in [1.807, 2.05) is 12.4 Å². The van der Waals surface area contributed by atoms with Gasteiger partial charge < -0.3 is 10.4 Å². The molecule has 1 fully saturated rings. The molecule has 1 saturated carbocycles. The van der Waals surface area contributed by atoms with Crippen LogP contribution in [0.2, 0.25) is 0 Å². The predicted molar refractivity (Wildman–Crippen MR) is 57.2 cm³/mol. The fourth-order valence-corrected chi connectivity index (χ4v) is 2.46. The molecular weight excluding hydrogens is 196 g/mol. The highest BCUT2D eigenvalue weighted by Crippen LogP contribution is 2.54. The van der Waals surface area contributed by atoms with Crippen LogP contribution < -0.4 is 5.32 Å². The largest absolute Gasteiger partial charge is 0.385 e. The Morgan fingerprint density at radius 3 is 3.00 bits per heavy atom. The van der Waals surface area contributed by atoms with E-state index in [0.717, 1.165) is 30.1 Å². The second-order valence-electron chi connectivity index (χ2n) is 4.26. The summed E-state index contributed by atoms with van der Waals surface area (Å²) in [4.78, 5) is 4.41. The molecule has 14 heavy (non-hydrogen) atoms. The lowest BCUT2D eigenvalue weighted by atomic mass is 10.0. The highest BCUT2D eigenvalue weighted by molar-refractivity contribution is 7.09. The van der Waals surface area contributed by atoms with Gasteiger partial charge in [-0.3, -0.25) is 0 Å². The lowest BCUT2D eigenvalue weighted by Crippen LogP contribution is -2.10. The smallest absolute Gasteiger partial charge is 0.122 e. The van der Waals surface area contributed by atoms with Gasteiger partial charge in [0, 0.05) is 17.3 Å². The highest BCUT2D eigenvalue weighted by atomic mass is 32.1. The van der Waals surface area contributed by atoms with Gasteiger partial charge >= 0.3 is 0 Å². The van der Waals surface area contributed by atoms with Crippen molar-refractivity contribution >= 4 is 11.3 Å². The maximum atomic E-state index is 10.0. The van der Waals surface area contributed by atoms with Gasteiger partial charge in [-0.25, -0.2) is 4.98 Å². The van der Waals surface area contributed by atoms with Gasteiger partial charge in [-0.1, -0.05) is 6.92 Å². The van der Waals surface area contributed by atoms with Crippen LogP contribution >= 0.6 is 11.3 Å². The van der Waals surface area contributed by atoms with Gasteiger partial charge in [0.1, 0.15) is 11.1 Å². The molecule has 1 unspecified atom stereocenters. The Labute approximate surface area is 88.2 Å². The molecule has 0 saturated heterocycles. The minimum atomic E-state index is -0.363. The molecule has 0 aromatic carbocycles. The van der Waals surface area contributed by atoms with E-state index in [0.29, 0.717) is 0 Å². The lowest BCUT2D eigenvalue weighted by Gasteiger charge is -2.13. The lowest BCUT2D eigenvalue weighted by molar-refractivity contribution is 0.103. The molecule has 78 valence electrons. The van der Waals surface area contributed by atoms with Crippen molar-refractivity contribution in [2.45, 2.75) is 32.4 Å². The Bertz CT molecular complexity index is 320. The summed E-state index contributed by atoms with van der Waals surface area (Å²) in [6, 6.07) is 0. The first-order valence-electron chi connectivity index (χ1n) is 4.93. The predicted octanol–water partition coefficient (Wildman–Crippen LogP) is 1.70. The zero-order valence-corrected chi connectivity index (χ0v) is 9.40. The minimum absolute atomic E-state index is 0.106. The normalized spacial score (nSPS) is 20.8. The third kappa shape index (κ3) is 1.82. The number of aromatic nitrogens is 1. The molecule has 1 atom stereocenters. The first-order valence-corrected chi connectivity index (χ1v) is 5.81. The van der Waals surface area contributed by atoms with Crippen molar-refractivity contribution in [2.24, 2.45) is 5.41 Å². The van der Waals surface area contributed by atoms with Crippen molar-refractivity contribution < 1.29 is 5.11 Å². The molecule has 3 nitrogen and oxygen atoms in total. The zero-order valence-electron chi connectivity index (χ0n) is 8.58. The SMILES string of the molecule is CNCc1csc(C(O)C2(C)CC2)n1. The Morgan fingerprint density at radius 1 is 1.71 bits per heavy atom. The standard InChI is InChI=1S/C10H16N2OS/c1-10(3-4-10)8(13)9-12-7(5-11-2)6-14-9/h6,8,11,13H,3-5H2,1-2H3. The van der Waals surface area contributed by atoms with Gasteiger partial charge in [-0.05, 0) is 19.9 Å². The van der Waals surface area contributed by atoms with E-state index in [2.05, 4.69) is 17.2 Å². The molecule has 0 amide bonds. The zero-order chi connectivity index (χ0) is 10.2. The van der Waals surface area contributed by atoms with E-state index >= 15 is 0 Å². The first kappa shape index (κ1) is 10.1. The van der Waals surface area contributed by atoms with Crippen molar-refractivity contribution in [1.82, 2.24) is 10.3 Å². The van der Waals surface area contributed by atoms with Crippen LogP contribution in [0.15, 0.2) is 5.38 Å². The van der Waals surface area contributed by atoms with Crippen LogP contribution in [-0.2, 0) is 6.54 Å². The summed E-state index contributed by atoms with van der Waals surface area (Å²) >= 11 is 1.56. The molecule has 1 aliphatic carbocycles. The molecule has 2 N–H and O–H groups in total. The number of rotatable bonds is 4. The van der Waals surface area contributed by atoms with Crippen LogP contribution in [0.1, 0.15) is 36.6 Å². The average molecular weight is 212 g/mol.